The van der Waals surface area contributed by atoms with E-state index in [2.05, 4.69) is 19.8 Å². The number of halogens is 6. The molecular formula is C14H8F6N4O. The molecule has 132 valence electrons. The van der Waals surface area contributed by atoms with Gasteiger partial charge in [0.25, 0.3) is 0 Å². The summed E-state index contributed by atoms with van der Waals surface area (Å²) in [5.41, 5.74) is 0.00941. The normalized spacial score (nSPS) is 12.6. The molecule has 1 aromatic carbocycles. The molecule has 3 rings (SSSR count). The maximum absolute atomic E-state index is 12.5. The summed E-state index contributed by atoms with van der Waals surface area (Å²) in [6, 6.07) is 5.92. The van der Waals surface area contributed by atoms with Crippen molar-refractivity contribution in [2.75, 3.05) is 0 Å². The largest absolute Gasteiger partial charge is 0.471 e. The van der Waals surface area contributed by atoms with Crippen molar-refractivity contribution >= 4 is 0 Å². The quantitative estimate of drug-likeness (QED) is 0.661. The number of benzene rings is 1. The Labute approximate surface area is 135 Å². The lowest BCUT2D eigenvalue weighted by molar-refractivity contribution is -0.159. The first-order valence-corrected chi connectivity index (χ1v) is 6.73. The van der Waals surface area contributed by atoms with Crippen LogP contribution in [0, 0.1) is 0 Å². The standard InChI is InChI=1S/C14H8F6N4O/c15-13(16,17)10-5-21-24(7-10)6-8-1-3-9(4-2-8)11-22-12(25-23-11)14(18,19)20/h1-5,7H,6H2. The highest BCUT2D eigenvalue weighted by atomic mass is 19.4. The van der Waals surface area contributed by atoms with Crippen LogP contribution in [0.2, 0.25) is 0 Å². The Morgan fingerprint density at radius 3 is 2.16 bits per heavy atom. The van der Waals surface area contributed by atoms with Crippen LogP contribution in [0.5, 0.6) is 0 Å². The molecule has 0 aliphatic heterocycles. The first kappa shape index (κ1) is 17.0. The minimum Gasteiger partial charge on any atom is -0.329 e. The van der Waals surface area contributed by atoms with Gasteiger partial charge in [0.2, 0.25) is 5.82 Å². The molecule has 5 nitrogen and oxygen atoms in total. The summed E-state index contributed by atoms with van der Waals surface area (Å²) in [6.45, 7) is 0.0659. The van der Waals surface area contributed by atoms with Crippen LogP contribution in [0.3, 0.4) is 0 Å². The predicted octanol–water partition coefficient (Wildman–Crippen LogP) is 4.02. The molecular weight excluding hydrogens is 354 g/mol. The lowest BCUT2D eigenvalue weighted by Crippen LogP contribution is -2.04. The molecule has 2 aromatic heterocycles. The first-order chi connectivity index (χ1) is 11.6. The third-order valence-electron chi connectivity index (χ3n) is 3.19. The number of hydrogen-bond donors (Lipinski definition) is 0. The molecule has 0 N–H and O–H groups in total. The molecule has 2 heterocycles. The average Bonchev–Trinajstić information content (AvgIpc) is 3.15. The van der Waals surface area contributed by atoms with Gasteiger partial charge < -0.3 is 4.52 Å². The molecule has 25 heavy (non-hydrogen) atoms. The summed E-state index contributed by atoms with van der Waals surface area (Å²) < 4.78 is 80.0. The van der Waals surface area contributed by atoms with E-state index in [1.807, 2.05) is 0 Å². The molecule has 0 saturated heterocycles. The van der Waals surface area contributed by atoms with Gasteiger partial charge in [-0.05, 0) is 5.56 Å². The molecule has 0 radical (unpaired) electrons. The molecule has 0 saturated carbocycles. The van der Waals surface area contributed by atoms with Gasteiger partial charge in [-0.25, -0.2) is 0 Å². The van der Waals surface area contributed by atoms with E-state index in [4.69, 9.17) is 0 Å². The molecule has 0 aliphatic carbocycles. The summed E-state index contributed by atoms with van der Waals surface area (Å²) in [5.74, 6) is -1.69. The lowest BCUT2D eigenvalue weighted by Gasteiger charge is -2.03. The smallest absolute Gasteiger partial charge is 0.329 e. The van der Waals surface area contributed by atoms with Crippen LogP contribution in [0.1, 0.15) is 17.0 Å². The van der Waals surface area contributed by atoms with Gasteiger partial charge in [-0.3, -0.25) is 4.68 Å². The van der Waals surface area contributed by atoms with E-state index in [1.54, 1.807) is 0 Å². The Morgan fingerprint density at radius 1 is 0.960 bits per heavy atom. The average molecular weight is 362 g/mol. The van der Waals surface area contributed by atoms with Crippen molar-refractivity contribution in [3.8, 4) is 11.4 Å². The van der Waals surface area contributed by atoms with Crippen molar-refractivity contribution in [1.82, 2.24) is 19.9 Å². The maximum atomic E-state index is 12.5. The lowest BCUT2D eigenvalue weighted by atomic mass is 10.1. The van der Waals surface area contributed by atoms with E-state index in [0.29, 0.717) is 11.8 Å². The van der Waals surface area contributed by atoms with Gasteiger partial charge in [0, 0.05) is 11.8 Å². The molecule has 0 aliphatic rings. The van der Waals surface area contributed by atoms with E-state index < -0.39 is 23.8 Å². The third-order valence-corrected chi connectivity index (χ3v) is 3.19. The third kappa shape index (κ3) is 3.80. The molecule has 0 atom stereocenters. The van der Waals surface area contributed by atoms with Gasteiger partial charge >= 0.3 is 18.2 Å². The van der Waals surface area contributed by atoms with Crippen LogP contribution in [-0.2, 0) is 18.9 Å². The van der Waals surface area contributed by atoms with Crippen LogP contribution in [0.4, 0.5) is 26.3 Å². The number of rotatable bonds is 3. The van der Waals surface area contributed by atoms with E-state index in [0.717, 1.165) is 10.9 Å². The summed E-state index contributed by atoms with van der Waals surface area (Å²) in [5, 5.41) is 6.87. The highest BCUT2D eigenvalue weighted by molar-refractivity contribution is 5.54. The van der Waals surface area contributed by atoms with E-state index >= 15 is 0 Å². The minimum absolute atomic E-state index is 0.0659. The monoisotopic (exact) mass is 362 g/mol. The van der Waals surface area contributed by atoms with Crippen LogP contribution < -0.4 is 0 Å². The fraction of sp³-hybridized carbons (Fsp3) is 0.214. The fourth-order valence-electron chi connectivity index (χ4n) is 2.00. The van der Waals surface area contributed by atoms with Crippen molar-refractivity contribution in [3.63, 3.8) is 0 Å². The van der Waals surface area contributed by atoms with Crippen LogP contribution >= 0.6 is 0 Å². The number of nitrogens with zero attached hydrogens (tertiary/aromatic N) is 4. The number of aromatic nitrogens is 4. The second-order valence-electron chi connectivity index (χ2n) is 5.04. The minimum atomic E-state index is -4.73. The second-order valence-corrected chi connectivity index (χ2v) is 5.04. The van der Waals surface area contributed by atoms with Gasteiger partial charge in [-0.1, -0.05) is 29.4 Å². The Kier molecular flexibility index (Phi) is 4.01. The van der Waals surface area contributed by atoms with Crippen molar-refractivity contribution in [1.29, 1.82) is 0 Å². The van der Waals surface area contributed by atoms with Gasteiger partial charge in [-0.15, -0.1) is 0 Å². The van der Waals surface area contributed by atoms with Crippen molar-refractivity contribution in [3.05, 3.63) is 53.7 Å². The highest BCUT2D eigenvalue weighted by Gasteiger charge is 2.38. The van der Waals surface area contributed by atoms with Crippen molar-refractivity contribution in [2.45, 2.75) is 18.9 Å². The molecule has 0 bridgehead atoms. The van der Waals surface area contributed by atoms with Crippen molar-refractivity contribution in [2.24, 2.45) is 0 Å². The molecule has 0 spiro atoms. The Balaban J connectivity index is 1.74. The summed E-state index contributed by atoms with van der Waals surface area (Å²) in [6.07, 6.45) is -7.63. The zero-order valence-corrected chi connectivity index (χ0v) is 12.1. The first-order valence-electron chi connectivity index (χ1n) is 6.73. The summed E-state index contributed by atoms with van der Waals surface area (Å²) >= 11 is 0. The highest BCUT2D eigenvalue weighted by Crippen LogP contribution is 2.30. The zero-order valence-electron chi connectivity index (χ0n) is 12.1. The van der Waals surface area contributed by atoms with E-state index in [1.165, 1.54) is 24.3 Å². The number of alkyl halides is 6. The zero-order chi connectivity index (χ0) is 18.2. The van der Waals surface area contributed by atoms with E-state index in [9.17, 15) is 26.3 Å². The van der Waals surface area contributed by atoms with Gasteiger partial charge in [0.05, 0.1) is 18.3 Å². The van der Waals surface area contributed by atoms with Gasteiger partial charge in [0.15, 0.2) is 0 Å². The summed E-state index contributed by atoms with van der Waals surface area (Å²) in [7, 11) is 0. The van der Waals surface area contributed by atoms with Crippen LogP contribution in [0.15, 0.2) is 41.2 Å². The van der Waals surface area contributed by atoms with Gasteiger partial charge in [0.1, 0.15) is 0 Å². The molecule has 0 unspecified atom stereocenters. The van der Waals surface area contributed by atoms with Crippen LogP contribution in [-0.4, -0.2) is 19.9 Å². The van der Waals surface area contributed by atoms with E-state index in [-0.39, 0.29) is 17.9 Å². The summed E-state index contributed by atoms with van der Waals surface area (Å²) in [4.78, 5) is 3.25. The topological polar surface area (TPSA) is 56.7 Å². The van der Waals surface area contributed by atoms with Gasteiger partial charge in [-0.2, -0.15) is 36.4 Å². The Bertz CT molecular complexity index is 863. The number of hydrogen-bond acceptors (Lipinski definition) is 4. The second kappa shape index (κ2) is 5.90. The van der Waals surface area contributed by atoms with Crippen LogP contribution in [0.25, 0.3) is 11.4 Å². The fourth-order valence-corrected chi connectivity index (χ4v) is 2.00. The molecule has 3 aromatic rings. The Morgan fingerprint density at radius 2 is 1.64 bits per heavy atom. The molecule has 11 heteroatoms. The molecule has 0 fully saturated rings. The van der Waals surface area contributed by atoms with Crippen molar-refractivity contribution < 1.29 is 30.9 Å². The SMILES string of the molecule is FC(F)(F)c1cnn(Cc2ccc(-c3noc(C(F)(F)F)n3)cc2)c1. The Hall–Kier alpha value is -2.85. The predicted molar refractivity (Wildman–Crippen MR) is 71.1 cm³/mol. The molecule has 0 amide bonds. The maximum Gasteiger partial charge on any atom is 0.471 e.